The second-order valence-electron chi connectivity index (χ2n) is 3.56. The molecule has 1 aromatic carbocycles. The van der Waals surface area contributed by atoms with Crippen LogP contribution < -0.4 is 11.1 Å². The Balaban J connectivity index is 2.28. The van der Waals surface area contributed by atoms with E-state index in [0.717, 1.165) is 20.9 Å². The number of nitriles is 1. The number of anilines is 1. The largest absolute Gasteiger partial charge is 0.383 e. The fourth-order valence-electron chi connectivity index (χ4n) is 1.45. The molecule has 92 valence electrons. The van der Waals surface area contributed by atoms with E-state index in [4.69, 9.17) is 11.0 Å². The van der Waals surface area contributed by atoms with Crippen LogP contribution in [0.25, 0.3) is 0 Å². The lowest BCUT2D eigenvalue weighted by molar-refractivity contribution is 1.14. The Bertz CT molecular complexity index is 542. The van der Waals surface area contributed by atoms with Gasteiger partial charge in [-0.25, -0.2) is 0 Å². The molecule has 1 aliphatic rings. The van der Waals surface area contributed by atoms with Gasteiger partial charge < -0.3 is 11.1 Å². The van der Waals surface area contributed by atoms with Crippen molar-refractivity contribution in [2.24, 2.45) is 10.7 Å². The van der Waals surface area contributed by atoms with Gasteiger partial charge in [-0.3, -0.25) is 4.99 Å². The maximum absolute atomic E-state index is 9.15. The fraction of sp³-hybridized carbons (Fsp3) is 0.167. The molecule has 0 aromatic heterocycles. The fourth-order valence-corrected chi connectivity index (χ4v) is 2.59. The number of aliphatic imine (C=N–C) groups is 1. The van der Waals surface area contributed by atoms with Crippen LogP contribution in [0.1, 0.15) is 0 Å². The molecule has 0 amide bonds. The van der Waals surface area contributed by atoms with Crippen molar-refractivity contribution in [3.63, 3.8) is 0 Å². The summed E-state index contributed by atoms with van der Waals surface area (Å²) in [4.78, 5) is 4.13. The number of hydrogen-bond acceptors (Lipinski definition) is 5. The maximum Gasteiger partial charge on any atom is 0.139 e. The number of amidine groups is 1. The number of benzene rings is 1. The lowest BCUT2D eigenvalue weighted by Gasteiger charge is -2.10. The van der Waals surface area contributed by atoms with Crippen LogP contribution in [0.4, 0.5) is 5.69 Å². The molecule has 4 nitrogen and oxygen atoms in total. The van der Waals surface area contributed by atoms with Gasteiger partial charge >= 0.3 is 0 Å². The van der Waals surface area contributed by atoms with Gasteiger partial charge in [-0.15, -0.1) is 11.8 Å². The summed E-state index contributed by atoms with van der Waals surface area (Å²) in [6.45, 7) is 0.632. The zero-order valence-electron chi connectivity index (χ0n) is 9.48. The van der Waals surface area contributed by atoms with Gasteiger partial charge in [0.2, 0.25) is 0 Å². The molecule has 0 saturated heterocycles. The zero-order chi connectivity index (χ0) is 13.0. The van der Waals surface area contributed by atoms with Gasteiger partial charge in [-0.05, 0) is 24.3 Å². The molecule has 1 aliphatic heterocycles. The smallest absolute Gasteiger partial charge is 0.139 e. The van der Waals surface area contributed by atoms with Crippen LogP contribution in [0, 0.1) is 11.3 Å². The third kappa shape index (κ3) is 3.06. The van der Waals surface area contributed by atoms with Gasteiger partial charge in [0, 0.05) is 15.9 Å². The van der Waals surface area contributed by atoms with Crippen LogP contribution >= 0.6 is 27.7 Å². The monoisotopic (exact) mass is 322 g/mol. The summed E-state index contributed by atoms with van der Waals surface area (Å²) in [5, 5.41) is 13.1. The van der Waals surface area contributed by atoms with Gasteiger partial charge in [-0.1, -0.05) is 15.9 Å². The number of halogens is 1. The van der Waals surface area contributed by atoms with E-state index in [2.05, 4.69) is 32.3 Å². The Morgan fingerprint density at radius 2 is 2.11 bits per heavy atom. The summed E-state index contributed by atoms with van der Waals surface area (Å²) in [6, 6.07) is 9.85. The summed E-state index contributed by atoms with van der Waals surface area (Å²) < 4.78 is 1.01. The van der Waals surface area contributed by atoms with Crippen LogP contribution in [-0.4, -0.2) is 18.1 Å². The molecule has 18 heavy (non-hydrogen) atoms. The molecule has 0 atom stereocenters. The first kappa shape index (κ1) is 13.0. The highest BCUT2D eigenvalue weighted by atomic mass is 79.9. The van der Waals surface area contributed by atoms with Crippen molar-refractivity contribution in [1.29, 1.82) is 5.26 Å². The molecule has 0 saturated carbocycles. The highest BCUT2D eigenvalue weighted by Gasteiger charge is 2.14. The van der Waals surface area contributed by atoms with Gasteiger partial charge in [0.05, 0.1) is 11.6 Å². The average Bonchev–Trinajstić information content (AvgIpc) is 2.54. The van der Waals surface area contributed by atoms with Crippen molar-refractivity contribution < 1.29 is 0 Å². The van der Waals surface area contributed by atoms with E-state index >= 15 is 0 Å². The summed E-state index contributed by atoms with van der Waals surface area (Å²) in [6.07, 6.45) is 0. The first-order valence-corrected chi connectivity index (χ1v) is 7.08. The van der Waals surface area contributed by atoms with Crippen molar-refractivity contribution in [2.75, 3.05) is 17.6 Å². The number of hydrogen-bond donors (Lipinski definition) is 2. The SMILES string of the molecule is N#CC1=C(Nc2ccc(Br)cc2)SCCN=C1N. The van der Waals surface area contributed by atoms with E-state index < -0.39 is 0 Å². The van der Waals surface area contributed by atoms with E-state index in [1.54, 1.807) is 11.8 Å². The lowest BCUT2D eigenvalue weighted by atomic mass is 10.2. The van der Waals surface area contributed by atoms with Crippen LogP contribution in [0.5, 0.6) is 0 Å². The Morgan fingerprint density at radius 1 is 1.39 bits per heavy atom. The van der Waals surface area contributed by atoms with E-state index in [9.17, 15) is 0 Å². The van der Waals surface area contributed by atoms with Gasteiger partial charge in [-0.2, -0.15) is 5.26 Å². The second-order valence-corrected chi connectivity index (χ2v) is 5.58. The Labute approximate surface area is 118 Å². The van der Waals surface area contributed by atoms with Crippen LogP contribution in [-0.2, 0) is 0 Å². The predicted octanol–water partition coefficient (Wildman–Crippen LogP) is 2.70. The van der Waals surface area contributed by atoms with Crippen molar-refractivity contribution >= 4 is 39.2 Å². The molecular weight excluding hydrogens is 312 g/mol. The Morgan fingerprint density at radius 3 is 2.78 bits per heavy atom. The maximum atomic E-state index is 9.15. The first-order chi connectivity index (χ1) is 8.70. The molecule has 0 unspecified atom stereocenters. The summed E-state index contributed by atoms with van der Waals surface area (Å²) in [5.74, 6) is 1.12. The molecule has 3 N–H and O–H groups in total. The average molecular weight is 323 g/mol. The second kappa shape index (κ2) is 5.94. The van der Waals surface area contributed by atoms with Crippen molar-refractivity contribution in [1.82, 2.24) is 0 Å². The summed E-state index contributed by atoms with van der Waals surface area (Å²) in [7, 11) is 0. The minimum Gasteiger partial charge on any atom is -0.383 e. The van der Waals surface area contributed by atoms with Crippen LogP contribution in [0.3, 0.4) is 0 Å². The number of rotatable bonds is 2. The molecule has 6 heteroatoms. The summed E-state index contributed by atoms with van der Waals surface area (Å²) >= 11 is 4.94. The zero-order valence-corrected chi connectivity index (χ0v) is 11.9. The third-order valence-corrected chi connectivity index (χ3v) is 3.83. The van der Waals surface area contributed by atoms with E-state index in [-0.39, 0.29) is 0 Å². The van der Waals surface area contributed by atoms with Gasteiger partial charge in [0.1, 0.15) is 17.5 Å². The summed E-state index contributed by atoms with van der Waals surface area (Å²) in [5.41, 5.74) is 7.10. The highest BCUT2D eigenvalue weighted by molar-refractivity contribution is 9.10. The highest BCUT2D eigenvalue weighted by Crippen LogP contribution is 2.25. The lowest BCUT2D eigenvalue weighted by Crippen LogP contribution is -2.16. The topological polar surface area (TPSA) is 74.2 Å². The van der Waals surface area contributed by atoms with Gasteiger partial charge in [0.15, 0.2) is 0 Å². The van der Waals surface area contributed by atoms with E-state index in [1.165, 1.54) is 0 Å². The molecule has 0 bridgehead atoms. The predicted molar refractivity (Wildman–Crippen MR) is 79.4 cm³/mol. The van der Waals surface area contributed by atoms with Crippen molar-refractivity contribution in [3.8, 4) is 6.07 Å². The molecule has 1 aromatic rings. The molecule has 1 heterocycles. The Kier molecular flexibility index (Phi) is 4.28. The number of nitrogens with two attached hydrogens (primary N) is 1. The third-order valence-electron chi connectivity index (χ3n) is 2.32. The van der Waals surface area contributed by atoms with Crippen LogP contribution in [0.2, 0.25) is 0 Å². The van der Waals surface area contributed by atoms with E-state index in [0.29, 0.717) is 18.0 Å². The standard InChI is InChI=1S/C12H11BrN4S/c13-8-1-3-9(4-2-8)17-12-10(7-14)11(15)16-5-6-18-12/h1-4,17H,5-6H2,(H2,15,16). The molecule has 0 fully saturated rings. The normalized spacial score (nSPS) is 15.7. The quantitative estimate of drug-likeness (QED) is 0.877. The molecule has 2 rings (SSSR count). The minimum absolute atomic E-state index is 0.308. The minimum atomic E-state index is 0.308. The number of nitrogens with zero attached hydrogens (tertiary/aromatic N) is 2. The molecule has 0 aliphatic carbocycles. The van der Waals surface area contributed by atoms with Crippen molar-refractivity contribution in [3.05, 3.63) is 39.3 Å². The van der Waals surface area contributed by atoms with Crippen molar-refractivity contribution in [2.45, 2.75) is 0 Å². The number of nitrogens with one attached hydrogen (secondary N) is 1. The first-order valence-electron chi connectivity index (χ1n) is 5.31. The Hall–Kier alpha value is -1.45. The molecule has 0 radical (unpaired) electrons. The van der Waals surface area contributed by atoms with Gasteiger partial charge in [0.25, 0.3) is 0 Å². The van der Waals surface area contributed by atoms with Crippen LogP contribution in [0.15, 0.2) is 44.3 Å². The molecule has 0 spiro atoms. The number of thioether (sulfide) groups is 1. The molecular formula is C12H11BrN4S. The van der Waals surface area contributed by atoms with E-state index in [1.807, 2.05) is 24.3 Å².